The van der Waals surface area contributed by atoms with Crippen molar-refractivity contribution < 1.29 is 4.79 Å². The minimum absolute atomic E-state index is 0.202. The van der Waals surface area contributed by atoms with Crippen LogP contribution in [0.25, 0.3) is 0 Å². The Hall–Kier alpha value is -0.910. The van der Waals surface area contributed by atoms with Crippen LogP contribution in [0.1, 0.15) is 37.7 Å². The van der Waals surface area contributed by atoms with Gasteiger partial charge in [-0.05, 0) is 88.9 Å². The fraction of sp³-hybridized carbons (Fsp3) is 0.667. The molecule has 4 nitrogen and oxygen atoms in total. The summed E-state index contributed by atoms with van der Waals surface area (Å²) in [5, 5.41) is 3.21. The van der Waals surface area contributed by atoms with Crippen LogP contribution in [0.5, 0.6) is 0 Å². The molecular weight excluding hydrogens is 390 g/mol. The summed E-state index contributed by atoms with van der Waals surface area (Å²) in [5.74, 6) is 1.27. The number of carbonyl (C=O) groups excluding carboxylic acids is 1. The molecule has 2 heterocycles. The number of nitrogens with one attached hydrogen (secondary N) is 1. The number of likely N-dealkylation sites (tertiary alicyclic amines) is 2. The van der Waals surface area contributed by atoms with Crippen LogP contribution in [-0.4, -0.2) is 55.5 Å². The van der Waals surface area contributed by atoms with Crippen molar-refractivity contribution in [1.82, 2.24) is 15.1 Å². The third-order valence-electron chi connectivity index (χ3n) is 5.97. The largest absolute Gasteiger partial charge is 0.356 e. The molecule has 1 aromatic rings. The highest BCUT2D eigenvalue weighted by atomic mass is 79.9. The Balaban J connectivity index is 1.32. The van der Waals surface area contributed by atoms with E-state index in [2.05, 4.69) is 62.4 Å². The van der Waals surface area contributed by atoms with Gasteiger partial charge in [-0.3, -0.25) is 9.69 Å². The number of benzene rings is 1. The van der Waals surface area contributed by atoms with E-state index >= 15 is 0 Å². The number of hydrogen-bond donors (Lipinski definition) is 1. The van der Waals surface area contributed by atoms with Crippen LogP contribution >= 0.6 is 15.9 Å². The number of nitrogens with zero attached hydrogens (tertiary/aromatic N) is 2. The zero-order chi connectivity index (χ0) is 18.4. The Morgan fingerprint density at radius 2 is 1.73 bits per heavy atom. The number of amides is 1. The molecule has 0 unspecified atom stereocenters. The van der Waals surface area contributed by atoms with E-state index in [9.17, 15) is 4.79 Å². The normalized spacial score (nSPS) is 21.0. The highest BCUT2D eigenvalue weighted by Gasteiger charge is 2.25. The summed E-state index contributed by atoms with van der Waals surface area (Å²) in [6.07, 6.45) is 5.66. The summed E-state index contributed by atoms with van der Waals surface area (Å²) in [5.41, 5.74) is 1.34. The van der Waals surface area contributed by atoms with Crippen LogP contribution in [0.15, 0.2) is 28.7 Å². The molecule has 0 aliphatic carbocycles. The number of halogens is 1. The lowest BCUT2D eigenvalue weighted by molar-refractivity contribution is -0.126. The summed E-state index contributed by atoms with van der Waals surface area (Å²) in [7, 11) is 2.20. The van der Waals surface area contributed by atoms with Gasteiger partial charge in [-0.1, -0.05) is 28.1 Å². The third kappa shape index (κ3) is 6.07. The first kappa shape index (κ1) is 19.8. The van der Waals surface area contributed by atoms with Crippen molar-refractivity contribution in [2.45, 2.75) is 38.6 Å². The topological polar surface area (TPSA) is 35.6 Å². The van der Waals surface area contributed by atoms with Crippen molar-refractivity contribution >= 4 is 21.8 Å². The fourth-order valence-corrected chi connectivity index (χ4v) is 4.36. The van der Waals surface area contributed by atoms with Crippen LogP contribution in [0, 0.1) is 11.8 Å². The average molecular weight is 422 g/mol. The van der Waals surface area contributed by atoms with Crippen LogP contribution in [0.3, 0.4) is 0 Å². The molecule has 0 bridgehead atoms. The monoisotopic (exact) mass is 421 g/mol. The van der Waals surface area contributed by atoms with Crippen molar-refractivity contribution in [2.75, 3.05) is 39.8 Å². The molecule has 1 N–H and O–H groups in total. The molecule has 1 aromatic carbocycles. The lowest BCUT2D eigenvalue weighted by Gasteiger charge is -2.32. The second kappa shape index (κ2) is 9.86. The van der Waals surface area contributed by atoms with Gasteiger partial charge in [0.2, 0.25) is 5.91 Å². The molecule has 2 aliphatic rings. The molecule has 0 saturated carbocycles. The van der Waals surface area contributed by atoms with E-state index in [1.54, 1.807) is 0 Å². The summed E-state index contributed by atoms with van der Waals surface area (Å²) >= 11 is 3.48. The molecule has 0 spiro atoms. The fourth-order valence-electron chi connectivity index (χ4n) is 4.10. The van der Waals surface area contributed by atoms with Gasteiger partial charge in [0, 0.05) is 23.5 Å². The molecule has 0 radical (unpaired) electrons. The first-order valence-corrected chi connectivity index (χ1v) is 10.8. The van der Waals surface area contributed by atoms with Crippen molar-refractivity contribution in [3.05, 3.63) is 34.3 Å². The predicted molar refractivity (Wildman–Crippen MR) is 110 cm³/mol. The lowest BCUT2D eigenvalue weighted by Crippen LogP contribution is -2.41. The molecule has 2 aliphatic heterocycles. The van der Waals surface area contributed by atoms with Crippen LogP contribution in [0.4, 0.5) is 0 Å². The molecule has 144 valence electrons. The molecule has 26 heavy (non-hydrogen) atoms. The predicted octanol–water partition coefficient (Wildman–Crippen LogP) is 3.51. The van der Waals surface area contributed by atoms with E-state index in [1.165, 1.54) is 31.5 Å². The second-order valence-electron chi connectivity index (χ2n) is 8.00. The van der Waals surface area contributed by atoms with Gasteiger partial charge < -0.3 is 10.2 Å². The lowest BCUT2D eigenvalue weighted by atomic mass is 9.93. The smallest absolute Gasteiger partial charge is 0.223 e. The Labute approximate surface area is 166 Å². The Bertz CT molecular complexity index is 561. The van der Waals surface area contributed by atoms with E-state index in [0.29, 0.717) is 0 Å². The van der Waals surface area contributed by atoms with Gasteiger partial charge >= 0.3 is 0 Å². The average Bonchev–Trinajstić information content (AvgIpc) is 2.66. The van der Waals surface area contributed by atoms with E-state index in [4.69, 9.17) is 0 Å². The van der Waals surface area contributed by atoms with Gasteiger partial charge in [-0.25, -0.2) is 0 Å². The molecule has 2 fully saturated rings. The minimum Gasteiger partial charge on any atom is -0.356 e. The first-order chi connectivity index (χ1) is 12.6. The highest BCUT2D eigenvalue weighted by molar-refractivity contribution is 9.10. The van der Waals surface area contributed by atoms with Crippen LogP contribution in [0.2, 0.25) is 0 Å². The van der Waals surface area contributed by atoms with Crippen molar-refractivity contribution in [1.29, 1.82) is 0 Å². The summed E-state index contributed by atoms with van der Waals surface area (Å²) < 4.78 is 1.12. The summed E-state index contributed by atoms with van der Waals surface area (Å²) in [6.45, 7) is 6.28. The molecule has 5 heteroatoms. The number of rotatable bonds is 6. The highest BCUT2D eigenvalue weighted by Crippen LogP contribution is 2.21. The number of carbonyl (C=O) groups is 1. The molecule has 2 saturated heterocycles. The van der Waals surface area contributed by atoms with Gasteiger partial charge in [0.05, 0.1) is 0 Å². The summed E-state index contributed by atoms with van der Waals surface area (Å²) in [4.78, 5) is 17.3. The molecule has 1 amide bonds. The van der Waals surface area contributed by atoms with E-state index in [0.717, 1.165) is 55.8 Å². The number of piperidine rings is 2. The van der Waals surface area contributed by atoms with E-state index in [1.807, 2.05) is 0 Å². The van der Waals surface area contributed by atoms with E-state index in [-0.39, 0.29) is 11.8 Å². The van der Waals surface area contributed by atoms with Crippen LogP contribution < -0.4 is 5.32 Å². The zero-order valence-corrected chi connectivity index (χ0v) is 17.5. The maximum absolute atomic E-state index is 12.5. The molecule has 0 aromatic heterocycles. The Morgan fingerprint density at radius 3 is 2.38 bits per heavy atom. The molecule has 0 atom stereocenters. The van der Waals surface area contributed by atoms with Crippen LogP contribution in [-0.2, 0) is 11.3 Å². The zero-order valence-electron chi connectivity index (χ0n) is 15.9. The van der Waals surface area contributed by atoms with Crippen molar-refractivity contribution in [3.8, 4) is 0 Å². The first-order valence-electron chi connectivity index (χ1n) is 10.0. The minimum atomic E-state index is 0.202. The maximum atomic E-state index is 12.5. The van der Waals surface area contributed by atoms with Gasteiger partial charge in [0.15, 0.2) is 0 Å². The van der Waals surface area contributed by atoms with Crippen molar-refractivity contribution in [3.63, 3.8) is 0 Å². The standard InChI is InChI=1S/C21H32BrN3O/c1-24-12-7-17(8-13-24)6-11-23-21(26)19-9-14-25(15-10-19)16-18-2-4-20(22)5-3-18/h2-5,17,19H,6-16H2,1H3,(H,23,26). The molecular formula is C21H32BrN3O. The SMILES string of the molecule is CN1CCC(CCNC(=O)C2CCN(Cc3ccc(Br)cc3)CC2)CC1. The van der Waals surface area contributed by atoms with Gasteiger partial charge in [-0.2, -0.15) is 0 Å². The van der Waals surface area contributed by atoms with E-state index < -0.39 is 0 Å². The van der Waals surface area contributed by atoms with Gasteiger partial charge in [0.25, 0.3) is 0 Å². The van der Waals surface area contributed by atoms with Gasteiger partial charge in [0.1, 0.15) is 0 Å². The number of hydrogen-bond acceptors (Lipinski definition) is 3. The van der Waals surface area contributed by atoms with Crippen molar-refractivity contribution in [2.24, 2.45) is 11.8 Å². The maximum Gasteiger partial charge on any atom is 0.223 e. The quantitative estimate of drug-likeness (QED) is 0.762. The Morgan fingerprint density at radius 1 is 1.08 bits per heavy atom. The Kier molecular flexibility index (Phi) is 7.52. The third-order valence-corrected chi connectivity index (χ3v) is 6.50. The summed E-state index contributed by atoms with van der Waals surface area (Å²) in [6, 6.07) is 8.54. The molecule has 3 rings (SSSR count). The second-order valence-corrected chi connectivity index (χ2v) is 8.92. The van der Waals surface area contributed by atoms with Gasteiger partial charge in [-0.15, -0.1) is 0 Å².